The number of rotatable bonds is 5. The SMILES string of the molecule is CN1CCN(c2ccc(Cc3ncc4c(n3)S/C(=C/c3ccc([N+](=O)[O-])cc3)C(=O)N4)cc2)CC1. The number of non-ortho nitro benzene ring substituents is 1. The summed E-state index contributed by atoms with van der Waals surface area (Å²) in [6.45, 7) is 4.20. The number of piperazine rings is 1. The molecule has 1 amide bonds. The maximum atomic E-state index is 12.5. The molecule has 3 heterocycles. The Balaban J connectivity index is 1.29. The number of carbonyl (C=O) groups is 1. The van der Waals surface area contributed by atoms with Gasteiger partial charge in [0, 0.05) is 50.4 Å². The minimum atomic E-state index is -0.451. The van der Waals surface area contributed by atoms with Gasteiger partial charge in [0.15, 0.2) is 0 Å². The quantitative estimate of drug-likeness (QED) is 0.250. The zero-order valence-electron chi connectivity index (χ0n) is 19.2. The fourth-order valence-corrected chi connectivity index (χ4v) is 4.91. The molecule has 35 heavy (non-hydrogen) atoms. The van der Waals surface area contributed by atoms with E-state index in [9.17, 15) is 14.9 Å². The molecule has 0 aliphatic carbocycles. The van der Waals surface area contributed by atoms with Gasteiger partial charge in [-0.05, 0) is 48.5 Å². The van der Waals surface area contributed by atoms with Gasteiger partial charge in [-0.1, -0.05) is 23.9 Å². The summed E-state index contributed by atoms with van der Waals surface area (Å²) in [5.74, 6) is 0.422. The second kappa shape index (κ2) is 9.85. The highest BCUT2D eigenvalue weighted by atomic mass is 32.2. The Hall–Kier alpha value is -3.76. The molecule has 2 aliphatic heterocycles. The third-order valence-electron chi connectivity index (χ3n) is 6.05. The lowest BCUT2D eigenvalue weighted by Crippen LogP contribution is -2.44. The molecule has 2 aromatic carbocycles. The molecule has 0 atom stereocenters. The van der Waals surface area contributed by atoms with Crippen molar-refractivity contribution < 1.29 is 9.72 Å². The zero-order valence-corrected chi connectivity index (χ0v) is 20.0. The van der Waals surface area contributed by atoms with Gasteiger partial charge in [0.25, 0.3) is 11.6 Å². The minimum absolute atomic E-state index is 0.00666. The van der Waals surface area contributed by atoms with Crippen LogP contribution >= 0.6 is 11.8 Å². The van der Waals surface area contributed by atoms with Crippen molar-refractivity contribution in [1.82, 2.24) is 14.9 Å². The fourth-order valence-electron chi connectivity index (χ4n) is 3.99. The van der Waals surface area contributed by atoms with Gasteiger partial charge in [0.2, 0.25) is 0 Å². The fraction of sp³-hybridized carbons (Fsp3) is 0.240. The normalized spacial score (nSPS) is 17.2. The van der Waals surface area contributed by atoms with Crippen LogP contribution in [-0.2, 0) is 11.2 Å². The van der Waals surface area contributed by atoms with E-state index in [-0.39, 0.29) is 11.6 Å². The average Bonchev–Trinajstić information content (AvgIpc) is 2.86. The molecule has 5 rings (SSSR count). The third kappa shape index (κ3) is 5.33. The molecular weight excluding hydrogens is 464 g/mol. The molecule has 0 saturated carbocycles. The van der Waals surface area contributed by atoms with Crippen LogP contribution in [0.25, 0.3) is 6.08 Å². The number of carbonyl (C=O) groups excluding carboxylic acids is 1. The number of hydrogen-bond acceptors (Lipinski definition) is 8. The van der Waals surface area contributed by atoms with Crippen molar-refractivity contribution in [2.24, 2.45) is 0 Å². The van der Waals surface area contributed by atoms with Crippen molar-refractivity contribution in [1.29, 1.82) is 0 Å². The number of amides is 1. The van der Waals surface area contributed by atoms with E-state index in [0.717, 1.165) is 31.7 Å². The van der Waals surface area contributed by atoms with Crippen molar-refractivity contribution in [2.75, 3.05) is 43.4 Å². The highest BCUT2D eigenvalue weighted by molar-refractivity contribution is 8.04. The Kier molecular flexibility index (Phi) is 6.47. The molecule has 0 bridgehead atoms. The second-order valence-corrected chi connectivity index (χ2v) is 9.58. The molecule has 0 unspecified atom stereocenters. The molecule has 178 valence electrons. The van der Waals surface area contributed by atoms with Crippen molar-refractivity contribution in [3.05, 3.63) is 86.7 Å². The smallest absolute Gasteiger partial charge is 0.269 e. The van der Waals surface area contributed by atoms with Gasteiger partial charge in [0.05, 0.1) is 21.7 Å². The highest BCUT2D eigenvalue weighted by Gasteiger charge is 2.23. The molecule has 1 fully saturated rings. The Morgan fingerprint density at radius 1 is 1.09 bits per heavy atom. The number of aromatic nitrogens is 2. The topological polar surface area (TPSA) is 104 Å². The lowest BCUT2D eigenvalue weighted by molar-refractivity contribution is -0.384. The number of benzene rings is 2. The molecule has 10 heteroatoms. The van der Waals surface area contributed by atoms with Crippen molar-refractivity contribution in [3.63, 3.8) is 0 Å². The summed E-state index contributed by atoms with van der Waals surface area (Å²) in [6, 6.07) is 14.6. The van der Waals surface area contributed by atoms with E-state index in [2.05, 4.69) is 56.4 Å². The summed E-state index contributed by atoms with van der Waals surface area (Å²) in [7, 11) is 2.15. The number of hydrogen-bond donors (Lipinski definition) is 1. The zero-order chi connectivity index (χ0) is 24.4. The number of anilines is 2. The first-order valence-corrected chi connectivity index (χ1v) is 12.1. The minimum Gasteiger partial charge on any atom is -0.369 e. The van der Waals surface area contributed by atoms with Crippen LogP contribution in [0, 0.1) is 10.1 Å². The summed E-state index contributed by atoms with van der Waals surface area (Å²) in [4.78, 5) is 37.3. The summed E-state index contributed by atoms with van der Waals surface area (Å²) < 4.78 is 0. The van der Waals surface area contributed by atoms with Crippen LogP contribution in [0.5, 0.6) is 0 Å². The van der Waals surface area contributed by atoms with E-state index in [1.54, 1.807) is 24.4 Å². The second-order valence-electron chi connectivity index (χ2n) is 8.55. The summed E-state index contributed by atoms with van der Waals surface area (Å²) in [5.41, 5.74) is 3.63. The van der Waals surface area contributed by atoms with Crippen LogP contribution in [0.3, 0.4) is 0 Å². The number of nitrogens with one attached hydrogen (secondary N) is 1. The molecule has 1 N–H and O–H groups in total. The largest absolute Gasteiger partial charge is 0.369 e. The number of nitro benzene ring substituents is 1. The van der Waals surface area contributed by atoms with Gasteiger partial charge in [0.1, 0.15) is 10.9 Å². The number of nitrogens with zero attached hydrogens (tertiary/aromatic N) is 5. The molecule has 9 nitrogen and oxygen atoms in total. The van der Waals surface area contributed by atoms with Crippen molar-refractivity contribution >= 4 is 40.8 Å². The van der Waals surface area contributed by atoms with Crippen LogP contribution in [0.1, 0.15) is 17.0 Å². The van der Waals surface area contributed by atoms with E-state index in [0.29, 0.717) is 33.4 Å². The molecule has 3 aromatic rings. The Bertz CT molecular complexity index is 1290. The van der Waals surface area contributed by atoms with Gasteiger partial charge in [-0.3, -0.25) is 14.9 Å². The molecule has 1 aromatic heterocycles. The first kappa shape index (κ1) is 23.0. The van der Waals surface area contributed by atoms with Crippen molar-refractivity contribution in [3.8, 4) is 0 Å². The van der Waals surface area contributed by atoms with Crippen LogP contribution < -0.4 is 10.2 Å². The lowest BCUT2D eigenvalue weighted by Gasteiger charge is -2.34. The molecule has 1 saturated heterocycles. The lowest BCUT2D eigenvalue weighted by atomic mass is 10.1. The molecule has 2 aliphatic rings. The summed E-state index contributed by atoms with van der Waals surface area (Å²) >= 11 is 1.27. The van der Waals surface area contributed by atoms with E-state index >= 15 is 0 Å². The van der Waals surface area contributed by atoms with E-state index < -0.39 is 4.92 Å². The molecule has 0 radical (unpaired) electrons. The van der Waals surface area contributed by atoms with E-state index in [1.807, 2.05) is 0 Å². The van der Waals surface area contributed by atoms with Crippen LogP contribution in [-0.4, -0.2) is 58.9 Å². The average molecular weight is 489 g/mol. The monoisotopic (exact) mass is 488 g/mol. The van der Waals surface area contributed by atoms with Crippen LogP contribution in [0.4, 0.5) is 17.1 Å². The molecule has 0 spiro atoms. The van der Waals surface area contributed by atoms with Gasteiger partial charge in [-0.15, -0.1) is 0 Å². The Morgan fingerprint density at radius 2 is 1.80 bits per heavy atom. The number of nitro groups is 1. The summed E-state index contributed by atoms with van der Waals surface area (Å²) in [5, 5.41) is 14.4. The number of thioether (sulfide) groups is 1. The maximum absolute atomic E-state index is 12.5. The predicted molar refractivity (Wildman–Crippen MR) is 137 cm³/mol. The maximum Gasteiger partial charge on any atom is 0.269 e. The predicted octanol–water partition coefficient (Wildman–Crippen LogP) is 3.81. The van der Waals surface area contributed by atoms with Crippen LogP contribution in [0.2, 0.25) is 0 Å². The van der Waals surface area contributed by atoms with E-state index in [1.165, 1.54) is 29.6 Å². The Labute approximate surface area is 207 Å². The highest BCUT2D eigenvalue weighted by Crippen LogP contribution is 2.37. The number of fused-ring (bicyclic) bond motifs is 1. The standard InChI is InChI=1S/C25H24N6O3S/c1-29-10-12-30(13-11-29)19-6-2-18(3-7-19)15-23-26-16-21-25(28-23)35-22(24(32)27-21)14-17-4-8-20(9-5-17)31(33)34/h2-9,14,16H,10-13,15H2,1H3,(H,27,32)/b22-14+. The van der Waals surface area contributed by atoms with Gasteiger partial charge < -0.3 is 15.1 Å². The van der Waals surface area contributed by atoms with Crippen molar-refractivity contribution in [2.45, 2.75) is 11.4 Å². The Morgan fingerprint density at radius 3 is 2.49 bits per heavy atom. The molecular formula is C25H24N6O3S. The third-order valence-corrected chi connectivity index (χ3v) is 7.08. The van der Waals surface area contributed by atoms with Gasteiger partial charge in [-0.2, -0.15) is 0 Å². The first-order chi connectivity index (χ1) is 16.9. The van der Waals surface area contributed by atoms with Crippen LogP contribution in [0.15, 0.2) is 64.7 Å². The number of likely N-dealkylation sites (N-methyl/N-ethyl adjacent to an activating group) is 1. The summed E-state index contributed by atoms with van der Waals surface area (Å²) in [6.07, 6.45) is 3.93. The van der Waals surface area contributed by atoms with E-state index in [4.69, 9.17) is 0 Å². The first-order valence-electron chi connectivity index (χ1n) is 11.3. The van der Waals surface area contributed by atoms with Gasteiger partial charge >= 0.3 is 0 Å². The van der Waals surface area contributed by atoms with Gasteiger partial charge in [-0.25, -0.2) is 9.97 Å².